The largest absolute Gasteiger partial charge is 0.499 e. The summed E-state index contributed by atoms with van der Waals surface area (Å²) < 4.78 is 4.72. The molecule has 1 aromatic carbocycles. The van der Waals surface area contributed by atoms with Gasteiger partial charge < -0.3 is 9.84 Å². The van der Waals surface area contributed by atoms with Gasteiger partial charge in [-0.3, -0.25) is 15.2 Å². The van der Waals surface area contributed by atoms with E-state index in [1.54, 1.807) is 0 Å². The molecule has 1 aromatic heterocycles. The van der Waals surface area contributed by atoms with Crippen molar-refractivity contribution in [2.45, 2.75) is 0 Å². The molecule has 0 spiro atoms. The SMILES string of the molecule is O=C=COc1c(O)c([N+](=O)[O-])cc2[nH]nnc12.[Ag]. The van der Waals surface area contributed by atoms with Crippen LogP contribution in [0.3, 0.4) is 0 Å². The Morgan fingerprint density at radius 3 is 2.94 bits per heavy atom. The number of nitrogens with one attached hydrogen (secondary N) is 1. The molecule has 0 bridgehead atoms. The first-order chi connectivity index (χ1) is 8.15. The van der Waals surface area contributed by atoms with E-state index in [2.05, 4.69) is 15.4 Å². The Bertz CT molecular complexity index is 648. The minimum atomic E-state index is -0.799. The summed E-state index contributed by atoms with van der Waals surface area (Å²) in [6.45, 7) is 0. The number of aromatic amines is 1. The van der Waals surface area contributed by atoms with Gasteiger partial charge in [0.05, 0.1) is 10.4 Å². The molecular weight excluding hydrogens is 340 g/mol. The van der Waals surface area contributed by atoms with Gasteiger partial charge in [-0.2, -0.15) is 0 Å². The number of hydrogen-bond acceptors (Lipinski definition) is 7. The van der Waals surface area contributed by atoms with E-state index >= 15 is 0 Å². The Kier molecular flexibility index (Phi) is 4.18. The Balaban J connectivity index is 0.00000162. The molecule has 0 saturated carbocycles. The maximum Gasteiger partial charge on any atom is 0.316 e. The van der Waals surface area contributed by atoms with Crippen molar-refractivity contribution in [3.8, 4) is 11.5 Å². The summed E-state index contributed by atoms with van der Waals surface area (Å²) in [5.41, 5.74) is -0.318. The molecule has 9 nitrogen and oxygen atoms in total. The second-order valence-electron chi connectivity index (χ2n) is 2.89. The van der Waals surface area contributed by atoms with Gasteiger partial charge in [0.2, 0.25) is 11.5 Å². The standard InChI is InChI=1S/C8H4N4O5.Ag/c13-1-2-17-8-6-4(9-11-10-6)3-5(7(8)14)12(15)16;/h2-3,14H,(H,9,10,11);. The predicted octanol–water partition coefficient (Wildman–Crippen LogP) is 0.293. The van der Waals surface area contributed by atoms with Crippen LogP contribution in [0.1, 0.15) is 0 Å². The number of H-pyrrole nitrogens is 1. The number of benzene rings is 1. The van der Waals surface area contributed by atoms with Crippen LogP contribution < -0.4 is 4.74 Å². The number of phenols is 1. The monoisotopic (exact) mass is 343 g/mol. The number of aromatic nitrogens is 3. The summed E-state index contributed by atoms with van der Waals surface area (Å²) in [5.74, 6) is 0.251. The van der Waals surface area contributed by atoms with E-state index in [9.17, 15) is 20.0 Å². The van der Waals surface area contributed by atoms with Crippen molar-refractivity contribution in [1.29, 1.82) is 0 Å². The molecule has 0 unspecified atom stereocenters. The Labute approximate surface area is 114 Å². The van der Waals surface area contributed by atoms with Gasteiger partial charge in [-0.25, -0.2) is 4.79 Å². The van der Waals surface area contributed by atoms with Gasteiger partial charge >= 0.3 is 5.69 Å². The smallest absolute Gasteiger partial charge is 0.316 e. The summed E-state index contributed by atoms with van der Waals surface area (Å²) in [7, 11) is 0. The molecule has 0 amide bonds. The van der Waals surface area contributed by atoms with E-state index in [0.717, 1.165) is 6.07 Å². The third-order valence-electron chi connectivity index (χ3n) is 1.95. The summed E-state index contributed by atoms with van der Waals surface area (Å²) in [6, 6.07) is 1.06. The second-order valence-corrected chi connectivity index (χ2v) is 2.89. The van der Waals surface area contributed by atoms with Gasteiger partial charge in [-0.05, 0) is 0 Å². The van der Waals surface area contributed by atoms with Crippen molar-refractivity contribution in [3.05, 3.63) is 22.4 Å². The molecule has 2 aromatic rings. The molecular formula is C8H4AgN4O5. The van der Waals surface area contributed by atoms with Crippen LogP contribution in [0, 0.1) is 10.1 Å². The van der Waals surface area contributed by atoms with Crippen LogP contribution in [0.15, 0.2) is 12.3 Å². The zero-order valence-corrected chi connectivity index (χ0v) is 9.86. The molecule has 97 valence electrons. The van der Waals surface area contributed by atoms with Crippen LogP contribution in [0.2, 0.25) is 0 Å². The van der Waals surface area contributed by atoms with Crippen molar-refractivity contribution in [2.24, 2.45) is 0 Å². The molecule has 1 heterocycles. The molecule has 0 saturated heterocycles. The van der Waals surface area contributed by atoms with Gasteiger partial charge in [-0.15, -0.1) is 5.10 Å². The predicted molar refractivity (Wildman–Crippen MR) is 53.1 cm³/mol. The third kappa shape index (κ3) is 2.24. The number of phenolic OH excluding ortho intramolecular Hbond substituents is 1. The molecule has 1 radical (unpaired) electrons. The fourth-order valence-corrected chi connectivity index (χ4v) is 1.27. The molecule has 0 aliphatic carbocycles. The van der Waals surface area contributed by atoms with E-state index in [4.69, 9.17) is 4.74 Å². The number of aromatic hydroxyl groups is 1. The van der Waals surface area contributed by atoms with Crippen molar-refractivity contribution < 1.29 is 41.9 Å². The number of fused-ring (bicyclic) bond motifs is 1. The second kappa shape index (κ2) is 5.43. The van der Waals surface area contributed by atoms with Crippen LogP contribution in [0.4, 0.5) is 5.69 Å². The first-order valence-corrected chi connectivity index (χ1v) is 4.22. The fourth-order valence-electron chi connectivity index (χ4n) is 1.27. The maximum absolute atomic E-state index is 10.7. The van der Waals surface area contributed by atoms with Crippen LogP contribution in [0.25, 0.3) is 11.0 Å². The average molecular weight is 344 g/mol. The summed E-state index contributed by atoms with van der Waals surface area (Å²) in [5, 5.41) is 29.6. The number of nitrogens with zero attached hydrogens (tertiary/aromatic N) is 3. The number of ether oxygens (including phenoxy) is 1. The summed E-state index contributed by atoms with van der Waals surface area (Å²) >= 11 is 0. The normalized spacial score (nSPS) is 9.33. The fraction of sp³-hybridized carbons (Fsp3) is 0. The van der Waals surface area contributed by atoms with Crippen LogP contribution in [0.5, 0.6) is 11.5 Å². The molecule has 0 aliphatic heterocycles. The molecule has 0 aliphatic rings. The minimum Gasteiger partial charge on any atom is -0.499 e. The van der Waals surface area contributed by atoms with Gasteiger partial charge in [0.1, 0.15) is 0 Å². The molecule has 2 rings (SSSR count). The van der Waals surface area contributed by atoms with Crippen molar-refractivity contribution in [3.63, 3.8) is 0 Å². The van der Waals surface area contributed by atoms with Crippen LogP contribution in [-0.4, -0.2) is 31.4 Å². The quantitative estimate of drug-likeness (QED) is 0.269. The van der Waals surface area contributed by atoms with Crippen molar-refractivity contribution in [2.75, 3.05) is 0 Å². The van der Waals surface area contributed by atoms with E-state index < -0.39 is 16.4 Å². The van der Waals surface area contributed by atoms with Crippen molar-refractivity contribution in [1.82, 2.24) is 15.4 Å². The molecule has 10 heteroatoms. The van der Waals surface area contributed by atoms with Gasteiger partial charge in [0, 0.05) is 28.4 Å². The van der Waals surface area contributed by atoms with Crippen molar-refractivity contribution >= 4 is 22.7 Å². The first-order valence-electron chi connectivity index (χ1n) is 4.22. The number of nitro benzene ring substituents is 1. The minimum absolute atomic E-state index is 0. The van der Waals surface area contributed by atoms with E-state index in [0.29, 0.717) is 6.26 Å². The molecule has 0 fully saturated rings. The molecule has 18 heavy (non-hydrogen) atoms. The number of hydrogen-bond donors (Lipinski definition) is 2. The van der Waals surface area contributed by atoms with Crippen LogP contribution in [-0.2, 0) is 27.2 Å². The summed E-state index contributed by atoms with van der Waals surface area (Å²) in [4.78, 5) is 19.9. The topological polar surface area (TPSA) is 131 Å². The summed E-state index contributed by atoms with van der Waals surface area (Å²) in [6.07, 6.45) is 0.604. The van der Waals surface area contributed by atoms with Gasteiger partial charge in [0.15, 0.2) is 17.7 Å². The number of nitro groups is 1. The Hall–Kier alpha value is -2.19. The van der Waals surface area contributed by atoms with E-state index in [1.807, 2.05) is 0 Å². The first kappa shape index (κ1) is 13.9. The van der Waals surface area contributed by atoms with Crippen LogP contribution >= 0.6 is 0 Å². The maximum atomic E-state index is 10.7. The van der Waals surface area contributed by atoms with E-state index in [1.165, 1.54) is 5.94 Å². The number of rotatable bonds is 3. The van der Waals surface area contributed by atoms with Gasteiger partial charge in [0.25, 0.3) is 0 Å². The van der Waals surface area contributed by atoms with E-state index in [-0.39, 0.29) is 39.2 Å². The molecule has 2 N–H and O–H groups in total. The zero-order valence-electron chi connectivity index (χ0n) is 8.38. The number of carbonyl (C=O) groups excluding carboxylic acids is 1. The zero-order chi connectivity index (χ0) is 12.4. The Morgan fingerprint density at radius 1 is 1.61 bits per heavy atom. The van der Waals surface area contributed by atoms with Gasteiger partial charge in [-0.1, -0.05) is 5.21 Å². The Morgan fingerprint density at radius 2 is 2.33 bits per heavy atom. The third-order valence-corrected chi connectivity index (χ3v) is 1.95. The molecule has 0 atom stereocenters. The average Bonchev–Trinajstić information content (AvgIpc) is 2.74.